The normalized spacial score (nSPS) is 11.6. The van der Waals surface area contributed by atoms with Crippen LogP contribution in [-0.2, 0) is 13.1 Å². The number of benzene rings is 2. The number of oxime groups is 1. The number of hydrogen-bond donors (Lipinski definition) is 3. The summed E-state index contributed by atoms with van der Waals surface area (Å²) >= 11 is 0. The molecule has 0 radical (unpaired) electrons. The Morgan fingerprint density at radius 2 is 1.80 bits per heavy atom. The summed E-state index contributed by atoms with van der Waals surface area (Å²) in [6.07, 6.45) is 0. The van der Waals surface area contributed by atoms with Gasteiger partial charge in [-0.3, -0.25) is 0 Å². The van der Waals surface area contributed by atoms with E-state index in [1.165, 1.54) is 12.1 Å². The van der Waals surface area contributed by atoms with Crippen molar-refractivity contribution in [2.75, 3.05) is 0 Å². The van der Waals surface area contributed by atoms with Crippen LogP contribution >= 0.6 is 0 Å². The van der Waals surface area contributed by atoms with Gasteiger partial charge in [0.25, 0.3) is 0 Å². The molecule has 104 valence electrons. The first kappa shape index (κ1) is 14.0. The molecule has 0 bridgehead atoms. The summed E-state index contributed by atoms with van der Waals surface area (Å²) in [4.78, 5) is 0. The largest absolute Gasteiger partial charge is 0.409 e. The summed E-state index contributed by atoms with van der Waals surface area (Å²) in [7, 11) is 0. The Morgan fingerprint density at radius 1 is 1.10 bits per heavy atom. The molecule has 0 amide bonds. The van der Waals surface area contributed by atoms with Gasteiger partial charge >= 0.3 is 0 Å². The van der Waals surface area contributed by atoms with Gasteiger partial charge in [0.2, 0.25) is 0 Å². The van der Waals surface area contributed by atoms with Crippen molar-refractivity contribution in [3.05, 3.63) is 71.0 Å². The number of halogens is 1. The molecule has 0 saturated heterocycles. The maximum atomic E-state index is 12.8. The average Bonchev–Trinajstić information content (AvgIpc) is 2.49. The minimum atomic E-state index is -0.244. The third kappa shape index (κ3) is 3.55. The lowest BCUT2D eigenvalue weighted by molar-refractivity contribution is 0.318. The first-order valence-electron chi connectivity index (χ1n) is 6.21. The van der Waals surface area contributed by atoms with Crippen molar-refractivity contribution in [2.24, 2.45) is 10.9 Å². The molecule has 0 saturated carbocycles. The van der Waals surface area contributed by atoms with Crippen LogP contribution in [0.1, 0.15) is 16.7 Å². The average molecular weight is 273 g/mol. The van der Waals surface area contributed by atoms with E-state index in [0.717, 1.165) is 11.1 Å². The van der Waals surface area contributed by atoms with E-state index in [4.69, 9.17) is 10.9 Å². The van der Waals surface area contributed by atoms with Crippen molar-refractivity contribution in [1.29, 1.82) is 0 Å². The minimum Gasteiger partial charge on any atom is -0.409 e. The molecule has 4 N–H and O–H groups in total. The molecule has 0 spiro atoms. The van der Waals surface area contributed by atoms with Gasteiger partial charge in [0.05, 0.1) is 0 Å². The Kier molecular flexibility index (Phi) is 4.68. The number of nitrogens with two attached hydrogens (primary N) is 1. The zero-order chi connectivity index (χ0) is 14.4. The van der Waals surface area contributed by atoms with Gasteiger partial charge in [0.15, 0.2) is 5.84 Å². The fourth-order valence-electron chi connectivity index (χ4n) is 1.92. The molecule has 0 heterocycles. The van der Waals surface area contributed by atoms with E-state index in [2.05, 4.69) is 10.5 Å². The molecule has 0 atom stereocenters. The highest BCUT2D eigenvalue weighted by molar-refractivity contribution is 5.98. The van der Waals surface area contributed by atoms with Crippen LogP contribution in [0.3, 0.4) is 0 Å². The van der Waals surface area contributed by atoms with Crippen molar-refractivity contribution in [3.8, 4) is 0 Å². The van der Waals surface area contributed by atoms with Gasteiger partial charge in [-0.2, -0.15) is 0 Å². The molecule has 0 aliphatic heterocycles. The molecule has 2 aromatic carbocycles. The van der Waals surface area contributed by atoms with Crippen LogP contribution in [-0.4, -0.2) is 11.0 Å². The Hall–Kier alpha value is -2.40. The molecule has 5 heteroatoms. The quantitative estimate of drug-likeness (QED) is 0.338. The monoisotopic (exact) mass is 273 g/mol. The summed E-state index contributed by atoms with van der Waals surface area (Å²) < 4.78 is 12.8. The number of rotatable bonds is 5. The van der Waals surface area contributed by atoms with E-state index in [-0.39, 0.29) is 11.7 Å². The van der Waals surface area contributed by atoms with E-state index >= 15 is 0 Å². The number of nitrogens with one attached hydrogen (secondary N) is 1. The summed E-state index contributed by atoms with van der Waals surface area (Å²) in [6, 6.07) is 13.8. The van der Waals surface area contributed by atoms with Crippen molar-refractivity contribution in [1.82, 2.24) is 5.32 Å². The van der Waals surface area contributed by atoms with E-state index in [0.29, 0.717) is 18.7 Å². The molecule has 0 fully saturated rings. The van der Waals surface area contributed by atoms with Gasteiger partial charge < -0.3 is 16.3 Å². The van der Waals surface area contributed by atoms with Gasteiger partial charge in [-0.1, -0.05) is 41.6 Å². The molecule has 4 nitrogen and oxygen atoms in total. The molecular weight excluding hydrogens is 257 g/mol. The van der Waals surface area contributed by atoms with Crippen molar-refractivity contribution < 1.29 is 9.60 Å². The Morgan fingerprint density at radius 3 is 2.50 bits per heavy atom. The van der Waals surface area contributed by atoms with Gasteiger partial charge in [0, 0.05) is 18.7 Å². The Balaban J connectivity index is 1.99. The second kappa shape index (κ2) is 6.68. The predicted molar refractivity (Wildman–Crippen MR) is 75.9 cm³/mol. The van der Waals surface area contributed by atoms with Crippen LogP contribution in [0.2, 0.25) is 0 Å². The van der Waals surface area contributed by atoms with E-state index in [1.54, 1.807) is 18.2 Å². The second-order valence-electron chi connectivity index (χ2n) is 4.37. The summed E-state index contributed by atoms with van der Waals surface area (Å²) in [6.45, 7) is 1.19. The van der Waals surface area contributed by atoms with Crippen LogP contribution in [0, 0.1) is 5.82 Å². The first-order chi connectivity index (χ1) is 9.70. The molecular formula is C15H16FN3O. The molecule has 0 aromatic heterocycles. The lowest BCUT2D eigenvalue weighted by Gasteiger charge is -2.09. The van der Waals surface area contributed by atoms with Crippen LogP contribution in [0.15, 0.2) is 53.7 Å². The van der Waals surface area contributed by atoms with Crippen molar-refractivity contribution >= 4 is 5.84 Å². The Bertz CT molecular complexity index is 596. The molecule has 2 aromatic rings. The van der Waals surface area contributed by atoms with Crippen LogP contribution < -0.4 is 11.1 Å². The lowest BCUT2D eigenvalue weighted by atomic mass is 10.1. The predicted octanol–water partition coefficient (Wildman–Crippen LogP) is 2.21. The molecule has 20 heavy (non-hydrogen) atoms. The molecule has 2 rings (SSSR count). The first-order valence-corrected chi connectivity index (χ1v) is 6.21. The highest BCUT2D eigenvalue weighted by Gasteiger charge is 2.05. The van der Waals surface area contributed by atoms with Crippen molar-refractivity contribution in [2.45, 2.75) is 13.1 Å². The summed E-state index contributed by atoms with van der Waals surface area (Å²) in [5, 5.41) is 15.0. The number of hydrogen-bond acceptors (Lipinski definition) is 3. The fourth-order valence-corrected chi connectivity index (χ4v) is 1.92. The van der Waals surface area contributed by atoms with E-state index in [1.807, 2.05) is 18.2 Å². The zero-order valence-electron chi connectivity index (χ0n) is 10.9. The van der Waals surface area contributed by atoms with Crippen molar-refractivity contribution in [3.63, 3.8) is 0 Å². The van der Waals surface area contributed by atoms with Gasteiger partial charge in [-0.15, -0.1) is 0 Å². The third-order valence-corrected chi connectivity index (χ3v) is 2.96. The number of amidine groups is 1. The molecule has 0 aliphatic carbocycles. The van der Waals surface area contributed by atoms with Gasteiger partial charge in [0.1, 0.15) is 5.82 Å². The highest BCUT2D eigenvalue weighted by atomic mass is 19.1. The third-order valence-electron chi connectivity index (χ3n) is 2.96. The summed E-state index contributed by atoms with van der Waals surface area (Å²) in [5.74, 6) is -0.157. The van der Waals surface area contributed by atoms with Crippen LogP contribution in [0.4, 0.5) is 4.39 Å². The van der Waals surface area contributed by atoms with Gasteiger partial charge in [-0.25, -0.2) is 4.39 Å². The highest BCUT2D eigenvalue weighted by Crippen LogP contribution is 2.09. The van der Waals surface area contributed by atoms with E-state index in [9.17, 15) is 4.39 Å². The van der Waals surface area contributed by atoms with Crippen LogP contribution in [0.5, 0.6) is 0 Å². The maximum absolute atomic E-state index is 12.8. The molecule has 0 aliphatic rings. The lowest BCUT2D eigenvalue weighted by Crippen LogP contribution is -2.19. The molecule has 0 unspecified atom stereocenters. The standard InChI is InChI=1S/C15H16FN3O/c16-13-7-5-11(6-8-13)9-18-10-12-3-1-2-4-14(12)15(17)19-20/h1-8,18,20H,9-10H2,(H2,17,19). The topological polar surface area (TPSA) is 70.6 Å². The smallest absolute Gasteiger partial charge is 0.170 e. The zero-order valence-corrected chi connectivity index (χ0v) is 10.9. The fraction of sp³-hybridized carbons (Fsp3) is 0.133. The van der Waals surface area contributed by atoms with Gasteiger partial charge in [-0.05, 0) is 23.3 Å². The van der Waals surface area contributed by atoms with E-state index < -0.39 is 0 Å². The maximum Gasteiger partial charge on any atom is 0.170 e. The number of nitrogens with zero attached hydrogens (tertiary/aromatic N) is 1. The minimum absolute atomic E-state index is 0.0872. The second-order valence-corrected chi connectivity index (χ2v) is 4.37. The SMILES string of the molecule is NC(=NO)c1ccccc1CNCc1ccc(F)cc1. The van der Waals surface area contributed by atoms with Crippen LogP contribution in [0.25, 0.3) is 0 Å². The Labute approximate surface area is 116 Å². The summed E-state index contributed by atoms with van der Waals surface area (Å²) in [5.41, 5.74) is 8.25.